The first-order valence-corrected chi connectivity index (χ1v) is 9.36. The number of rotatable bonds is 3. The van der Waals surface area contributed by atoms with Gasteiger partial charge < -0.3 is 4.57 Å². The van der Waals surface area contributed by atoms with E-state index in [2.05, 4.69) is 0 Å². The van der Waals surface area contributed by atoms with Crippen LogP contribution in [0.2, 0.25) is 0 Å². The first-order chi connectivity index (χ1) is 14.5. The molecule has 2 nitrogen and oxygen atoms in total. The number of halogens is 6. The van der Waals surface area contributed by atoms with E-state index in [1.54, 1.807) is 6.07 Å². The summed E-state index contributed by atoms with van der Waals surface area (Å²) in [5.74, 6) is -0.910. The Hall–Kier alpha value is -3.29. The van der Waals surface area contributed by atoms with Crippen molar-refractivity contribution in [3.05, 3.63) is 82.9 Å². The summed E-state index contributed by atoms with van der Waals surface area (Å²) in [5.41, 5.74) is -1.95. The van der Waals surface area contributed by atoms with E-state index in [1.165, 1.54) is 12.1 Å². The molecule has 0 spiro atoms. The van der Waals surface area contributed by atoms with Gasteiger partial charge in [0, 0.05) is 39.5 Å². The molecule has 0 radical (unpaired) electrons. The Morgan fingerprint density at radius 2 is 1.32 bits per heavy atom. The fourth-order valence-corrected chi connectivity index (χ4v) is 3.79. The Morgan fingerprint density at radius 1 is 0.742 bits per heavy atom. The maximum atomic E-state index is 13.1. The summed E-state index contributed by atoms with van der Waals surface area (Å²) in [5, 5.41) is 1.54. The Balaban J connectivity index is 1.89. The van der Waals surface area contributed by atoms with Crippen LogP contribution in [0.3, 0.4) is 0 Å². The van der Waals surface area contributed by atoms with E-state index < -0.39 is 34.8 Å². The van der Waals surface area contributed by atoms with Crippen molar-refractivity contribution in [2.75, 3.05) is 0 Å². The molecule has 0 aliphatic rings. The molecule has 4 rings (SSSR count). The highest BCUT2D eigenvalue weighted by Crippen LogP contribution is 2.37. The van der Waals surface area contributed by atoms with Crippen molar-refractivity contribution in [2.24, 2.45) is 0 Å². The van der Waals surface area contributed by atoms with Gasteiger partial charge in [0.2, 0.25) is 0 Å². The quantitative estimate of drug-likeness (QED) is 0.249. The zero-order valence-corrected chi connectivity index (χ0v) is 16.1. The number of hydrogen-bond donors (Lipinski definition) is 0. The third-order valence-corrected chi connectivity index (χ3v) is 5.20. The van der Waals surface area contributed by atoms with Crippen LogP contribution in [0.1, 0.15) is 34.0 Å². The SMILES string of the molecule is CCn1c2ccccc2c2cc(C(=O)c3cc(C(F)(F)F)cc(C(F)(F)F)c3)ccc21. The van der Waals surface area contributed by atoms with E-state index in [4.69, 9.17) is 0 Å². The fraction of sp³-hybridized carbons (Fsp3) is 0.174. The molecule has 0 aliphatic carbocycles. The van der Waals surface area contributed by atoms with Crippen LogP contribution in [-0.2, 0) is 18.9 Å². The highest BCUT2D eigenvalue weighted by Gasteiger charge is 2.37. The van der Waals surface area contributed by atoms with Crippen LogP contribution >= 0.6 is 0 Å². The number of ketones is 1. The second kappa shape index (κ2) is 7.14. The predicted octanol–water partition coefficient (Wildman–Crippen LogP) is 7.08. The Labute approximate surface area is 172 Å². The molecule has 0 atom stereocenters. The number of para-hydroxylation sites is 1. The molecular weight excluding hydrogens is 420 g/mol. The van der Waals surface area contributed by atoms with E-state index in [9.17, 15) is 31.1 Å². The normalized spacial score (nSPS) is 12.6. The second-order valence-corrected chi connectivity index (χ2v) is 7.12. The standard InChI is InChI=1S/C23H15F6NO/c1-2-30-19-6-4-3-5-17(19)18-11-13(7-8-20(18)30)21(31)14-9-15(22(24,25)26)12-16(10-14)23(27,28)29/h3-12H,2H2,1H3. The third kappa shape index (κ3) is 3.66. The van der Waals surface area contributed by atoms with Crippen molar-refractivity contribution in [2.45, 2.75) is 25.8 Å². The van der Waals surface area contributed by atoms with Crippen LogP contribution in [0.4, 0.5) is 26.3 Å². The van der Waals surface area contributed by atoms with E-state index in [0.29, 0.717) is 24.1 Å². The van der Waals surface area contributed by atoms with Crippen LogP contribution in [0.15, 0.2) is 60.7 Å². The fourth-order valence-electron chi connectivity index (χ4n) is 3.79. The number of carbonyl (C=O) groups excluding carboxylic acids is 1. The smallest absolute Gasteiger partial charge is 0.341 e. The number of fused-ring (bicyclic) bond motifs is 3. The van der Waals surface area contributed by atoms with Gasteiger partial charge in [-0.2, -0.15) is 26.3 Å². The molecular formula is C23H15F6NO. The lowest BCUT2D eigenvalue weighted by atomic mass is 9.97. The summed E-state index contributed by atoms with van der Waals surface area (Å²) >= 11 is 0. The second-order valence-electron chi connectivity index (χ2n) is 7.12. The average Bonchev–Trinajstić information content (AvgIpc) is 3.04. The number of alkyl halides is 6. The highest BCUT2D eigenvalue weighted by atomic mass is 19.4. The third-order valence-electron chi connectivity index (χ3n) is 5.20. The van der Waals surface area contributed by atoms with Gasteiger partial charge in [-0.1, -0.05) is 18.2 Å². The summed E-state index contributed by atoms with van der Waals surface area (Å²) in [6.45, 7) is 2.60. The minimum Gasteiger partial charge on any atom is -0.341 e. The van der Waals surface area contributed by atoms with Crippen molar-refractivity contribution >= 4 is 27.6 Å². The Bertz CT molecular complexity index is 1280. The van der Waals surface area contributed by atoms with Gasteiger partial charge in [-0.3, -0.25) is 4.79 Å². The Kier molecular flexibility index (Phi) is 4.83. The van der Waals surface area contributed by atoms with Gasteiger partial charge in [0.15, 0.2) is 5.78 Å². The molecule has 0 fully saturated rings. The number of nitrogens with zero attached hydrogens (tertiary/aromatic N) is 1. The van der Waals surface area contributed by atoms with Gasteiger partial charge in [-0.05, 0) is 49.4 Å². The van der Waals surface area contributed by atoms with E-state index in [0.717, 1.165) is 16.4 Å². The van der Waals surface area contributed by atoms with E-state index in [-0.39, 0.29) is 11.6 Å². The molecule has 0 N–H and O–H groups in total. The largest absolute Gasteiger partial charge is 0.416 e. The minimum atomic E-state index is -5.02. The number of benzene rings is 3. The van der Waals surface area contributed by atoms with Crippen LogP contribution < -0.4 is 0 Å². The van der Waals surface area contributed by atoms with Gasteiger partial charge in [-0.25, -0.2) is 0 Å². The molecule has 1 heterocycles. The van der Waals surface area contributed by atoms with Gasteiger partial charge in [-0.15, -0.1) is 0 Å². The summed E-state index contributed by atoms with van der Waals surface area (Å²) < 4.78 is 80.9. The van der Waals surface area contributed by atoms with Gasteiger partial charge in [0.05, 0.1) is 11.1 Å². The lowest BCUT2D eigenvalue weighted by molar-refractivity contribution is -0.143. The summed E-state index contributed by atoms with van der Waals surface area (Å²) in [6.07, 6.45) is -10.0. The maximum Gasteiger partial charge on any atom is 0.416 e. The Morgan fingerprint density at radius 3 is 1.90 bits per heavy atom. The molecule has 1 aromatic heterocycles. The van der Waals surface area contributed by atoms with Crippen molar-refractivity contribution in [1.82, 2.24) is 4.57 Å². The molecule has 0 bridgehead atoms. The maximum absolute atomic E-state index is 13.1. The first kappa shape index (κ1) is 21.0. The van der Waals surface area contributed by atoms with Crippen LogP contribution in [-0.4, -0.2) is 10.4 Å². The van der Waals surface area contributed by atoms with Crippen molar-refractivity contribution in [1.29, 1.82) is 0 Å². The summed E-state index contributed by atoms with van der Waals surface area (Å²) in [7, 11) is 0. The van der Waals surface area contributed by atoms with E-state index >= 15 is 0 Å². The summed E-state index contributed by atoms with van der Waals surface area (Å²) in [6, 6.07) is 12.9. The molecule has 0 saturated heterocycles. The van der Waals surface area contributed by atoms with Crippen LogP contribution in [0, 0.1) is 0 Å². The van der Waals surface area contributed by atoms with Crippen LogP contribution in [0.25, 0.3) is 21.8 Å². The van der Waals surface area contributed by atoms with Crippen molar-refractivity contribution in [3.63, 3.8) is 0 Å². The number of carbonyl (C=O) groups is 1. The molecule has 8 heteroatoms. The first-order valence-electron chi connectivity index (χ1n) is 9.36. The van der Waals surface area contributed by atoms with Gasteiger partial charge in [0.25, 0.3) is 0 Å². The number of aryl methyl sites for hydroxylation is 1. The zero-order chi connectivity index (χ0) is 22.6. The monoisotopic (exact) mass is 435 g/mol. The molecule has 31 heavy (non-hydrogen) atoms. The van der Waals surface area contributed by atoms with Crippen molar-refractivity contribution < 1.29 is 31.1 Å². The van der Waals surface area contributed by atoms with Gasteiger partial charge >= 0.3 is 12.4 Å². The zero-order valence-electron chi connectivity index (χ0n) is 16.1. The van der Waals surface area contributed by atoms with E-state index in [1.807, 2.05) is 35.8 Å². The molecule has 0 aliphatic heterocycles. The lowest BCUT2D eigenvalue weighted by Gasteiger charge is -2.14. The van der Waals surface area contributed by atoms with Gasteiger partial charge in [0.1, 0.15) is 0 Å². The summed E-state index contributed by atoms with van der Waals surface area (Å²) in [4.78, 5) is 12.9. The number of hydrogen-bond acceptors (Lipinski definition) is 1. The minimum absolute atomic E-state index is 0.00877. The molecule has 4 aromatic rings. The lowest BCUT2D eigenvalue weighted by Crippen LogP contribution is -2.14. The topological polar surface area (TPSA) is 22.0 Å². The average molecular weight is 435 g/mol. The molecule has 0 amide bonds. The predicted molar refractivity (Wildman–Crippen MR) is 105 cm³/mol. The highest BCUT2D eigenvalue weighted by molar-refractivity contribution is 6.14. The van der Waals surface area contributed by atoms with Crippen molar-refractivity contribution in [3.8, 4) is 0 Å². The molecule has 160 valence electrons. The molecule has 3 aromatic carbocycles. The molecule has 0 unspecified atom stereocenters. The number of aromatic nitrogens is 1. The van der Waals surface area contributed by atoms with Crippen LogP contribution in [0.5, 0.6) is 0 Å². The molecule has 0 saturated carbocycles.